The molecule has 0 atom stereocenters. The lowest BCUT2D eigenvalue weighted by Crippen LogP contribution is -2.38. The van der Waals surface area contributed by atoms with Gasteiger partial charge in [0.25, 0.3) is 10.0 Å². The van der Waals surface area contributed by atoms with Crippen LogP contribution in [0.4, 0.5) is 18.9 Å². The van der Waals surface area contributed by atoms with Crippen LogP contribution < -0.4 is 4.31 Å². The van der Waals surface area contributed by atoms with Crippen LogP contribution in [0.5, 0.6) is 0 Å². The number of alkyl halides is 3. The summed E-state index contributed by atoms with van der Waals surface area (Å²) in [5.41, 5.74) is -0.993. The molecule has 2 aromatic rings. The first-order chi connectivity index (χ1) is 11.0. The summed E-state index contributed by atoms with van der Waals surface area (Å²) in [5.74, 6) is 0. The molecule has 0 N–H and O–H groups in total. The Morgan fingerprint density at radius 3 is 2.12 bits per heavy atom. The fourth-order valence-electron chi connectivity index (χ4n) is 2.34. The van der Waals surface area contributed by atoms with Gasteiger partial charge in [-0.2, -0.15) is 13.2 Å². The van der Waals surface area contributed by atoms with E-state index >= 15 is 0 Å². The van der Waals surface area contributed by atoms with Crippen molar-refractivity contribution in [2.45, 2.75) is 31.0 Å². The fraction of sp³-hybridized carbons (Fsp3) is 0.250. The van der Waals surface area contributed by atoms with E-state index in [-0.39, 0.29) is 10.7 Å². The highest BCUT2D eigenvalue weighted by atomic mass is 35.5. The van der Waals surface area contributed by atoms with Gasteiger partial charge in [0.15, 0.2) is 0 Å². The van der Waals surface area contributed by atoms with Gasteiger partial charge in [-0.3, -0.25) is 4.31 Å². The van der Waals surface area contributed by atoms with E-state index in [2.05, 4.69) is 0 Å². The highest BCUT2D eigenvalue weighted by molar-refractivity contribution is 7.93. The van der Waals surface area contributed by atoms with Crippen LogP contribution in [-0.2, 0) is 16.2 Å². The molecule has 130 valence electrons. The molecule has 0 saturated heterocycles. The number of nitrogens with zero attached hydrogens (tertiary/aromatic N) is 1. The third-order valence-electron chi connectivity index (χ3n) is 3.26. The van der Waals surface area contributed by atoms with Gasteiger partial charge in [0.1, 0.15) is 0 Å². The molecule has 2 rings (SSSR count). The maximum atomic E-state index is 13.3. The third kappa shape index (κ3) is 3.67. The second kappa shape index (κ2) is 6.64. The molecule has 0 spiro atoms. The Balaban J connectivity index is 2.70. The van der Waals surface area contributed by atoms with E-state index in [1.54, 1.807) is 32.0 Å². The van der Waals surface area contributed by atoms with Crippen molar-refractivity contribution in [3.05, 3.63) is 59.1 Å². The number of rotatable bonds is 4. The van der Waals surface area contributed by atoms with Crippen molar-refractivity contribution >= 4 is 27.3 Å². The SMILES string of the molecule is CC(C)N(c1ccccc1)S(=O)(=O)c1ccc(Cl)cc1C(F)(F)F. The van der Waals surface area contributed by atoms with Crippen LogP contribution in [0.1, 0.15) is 19.4 Å². The van der Waals surface area contributed by atoms with Gasteiger partial charge < -0.3 is 0 Å². The topological polar surface area (TPSA) is 37.4 Å². The van der Waals surface area contributed by atoms with Crippen LogP contribution in [0, 0.1) is 0 Å². The average Bonchev–Trinajstić information content (AvgIpc) is 2.46. The summed E-state index contributed by atoms with van der Waals surface area (Å²) in [7, 11) is -4.43. The average molecular weight is 378 g/mol. The second-order valence-electron chi connectivity index (χ2n) is 5.37. The molecule has 0 aliphatic rings. The largest absolute Gasteiger partial charge is 0.417 e. The minimum atomic E-state index is -4.84. The molecule has 0 aliphatic carbocycles. The molecule has 0 aromatic heterocycles. The van der Waals surface area contributed by atoms with Crippen LogP contribution in [0.15, 0.2) is 53.4 Å². The van der Waals surface area contributed by atoms with Gasteiger partial charge in [-0.05, 0) is 44.2 Å². The molecule has 0 unspecified atom stereocenters. The molecule has 0 amide bonds. The molecular weight excluding hydrogens is 363 g/mol. The molecular formula is C16H15ClF3NO2S. The Labute approximate surface area is 143 Å². The van der Waals surface area contributed by atoms with Crippen LogP contribution >= 0.6 is 11.6 Å². The van der Waals surface area contributed by atoms with Gasteiger partial charge in [0.05, 0.1) is 16.1 Å². The Morgan fingerprint density at radius 2 is 1.62 bits per heavy atom. The predicted octanol–water partition coefficient (Wildman–Crippen LogP) is 4.96. The number of hydrogen-bond acceptors (Lipinski definition) is 2. The van der Waals surface area contributed by atoms with Crippen molar-refractivity contribution in [3.8, 4) is 0 Å². The first-order valence-corrected chi connectivity index (χ1v) is 8.83. The maximum absolute atomic E-state index is 13.3. The normalized spacial score (nSPS) is 12.5. The zero-order valence-corrected chi connectivity index (χ0v) is 14.5. The predicted molar refractivity (Wildman–Crippen MR) is 87.7 cm³/mol. The summed E-state index contributed by atoms with van der Waals surface area (Å²) in [4.78, 5) is -0.822. The number of para-hydroxylation sites is 1. The van der Waals surface area contributed by atoms with E-state index in [0.29, 0.717) is 6.07 Å². The summed E-state index contributed by atoms with van der Waals surface area (Å²) in [6.07, 6.45) is -4.84. The summed E-state index contributed by atoms with van der Waals surface area (Å²) in [5, 5.41) is -0.183. The van der Waals surface area contributed by atoms with Gasteiger partial charge in [0.2, 0.25) is 0 Å². The summed E-state index contributed by atoms with van der Waals surface area (Å²) in [6.45, 7) is 3.18. The molecule has 0 fully saturated rings. The van der Waals surface area contributed by atoms with Crippen LogP contribution in [0.25, 0.3) is 0 Å². The smallest absolute Gasteiger partial charge is 0.264 e. The zero-order valence-electron chi connectivity index (χ0n) is 12.9. The summed E-state index contributed by atoms with van der Waals surface area (Å²) >= 11 is 5.62. The first kappa shape index (κ1) is 18.6. The Kier molecular flexibility index (Phi) is 5.15. The van der Waals surface area contributed by atoms with Gasteiger partial charge >= 0.3 is 6.18 Å². The van der Waals surface area contributed by atoms with E-state index in [9.17, 15) is 21.6 Å². The Bertz CT molecular complexity index is 821. The molecule has 8 heteroatoms. The number of sulfonamides is 1. The van der Waals surface area contributed by atoms with E-state index < -0.39 is 32.7 Å². The minimum absolute atomic E-state index is 0.183. The number of anilines is 1. The first-order valence-electron chi connectivity index (χ1n) is 7.01. The second-order valence-corrected chi connectivity index (χ2v) is 7.59. The highest BCUT2D eigenvalue weighted by Crippen LogP contribution is 2.38. The number of hydrogen-bond donors (Lipinski definition) is 0. The van der Waals surface area contributed by atoms with Crippen molar-refractivity contribution in [2.24, 2.45) is 0 Å². The van der Waals surface area contributed by atoms with Gasteiger partial charge in [-0.25, -0.2) is 8.42 Å². The number of benzene rings is 2. The quantitative estimate of drug-likeness (QED) is 0.755. The Morgan fingerprint density at radius 1 is 1.04 bits per heavy atom. The van der Waals surface area contributed by atoms with Crippen molar-refractivity contribution in [2.75, 3.05) is 4.31 Å². The summed E-state index contributed by atoms with van der Waals surface area (Å²) < 4.78 is 66.7. The molecule has 24 heavy (non-hydrogen) atoms. The van der Waals surface area contributed by atoms with Crippen molar-refractivity contribution in [1.29, 1.82) is 0 Å². The third-order valence-corrected chi connectivity index (χ3v) is 5.56. The van der Waals surface area contributed by atoms with Crippen molar-refractivity contribution < 1.29 is 21.6 Å². The number of halogens is 4. The van der Waals surface area contributed by atoms with Crippen LogP contribution in [0.3, 0.4) is 0 Å². The molecule has 2 aromatic carbocycles. The summed E-state index contributed by atoms with van der Waals surface area (Å²) in [6, 6.07) is 10.1. The van der Waals surface area contributed by atoms with Crippen molar-refractivity contribution in [3.63, 3.8) is 0 Å². The van der Waals surface area contributed by atoms with Crippen LogP contribution in [-0.4, -0.2) is 14.5 Å². The van der Waals surface area contributed by atoms with E-state index in [4.69, 9.17) is 11.6 Å². The standard InChI is InChI=1S/C16H15ClF3NO2S/c1-11(2)21(13-6-4-3-5-7-13)24(22,23)15-9-8-12(17)10-14(15)16(18,19)20/h3-11H,1-2H3. The Hall–Kier alpha value is -1.73. The molecule has 0 radical (unpaired) electrons. The monoisotopic (exact) mass is 377 g/mol. The maximum Gasteiger partial charge on any atom is 0.417 e. The van der Waals surface area contributed by atoms with E-state index in [1.807, 2.05) is 0 Å². The van der Waals surface area contributed by atoms with E-state index in [0.717, 1.165) is 16.4 Å². The van der Waals surface area contributed by atoms with Crippen molar-refractivity contribution in [1.82, 2.24) is 0 Å². The lowest BCUT2D eigenvalue weighted by Gasteiger charge is -2.29. The zero-order chi connectivity index (χ0) is 18.1. The van der Waals surface area contributed by atoms with Crippen LogP contribution in [0.2, 0.25) is 5.02 Å². The minimum Gasteiger partial charge on any atom is -0.264 e. The fourth-order valence-corrected chi connectivity index (χ4v) is 4.37. The lowest BCUT2D eigenvalue weighted by atomic mass is 10.2. The molecule has 0 bridgehead atoms. The van der Waals surface area contributed by atoms with Gasteiger partial charge in [-0.1, -0.05) is 29.8 Å². The molecule has 3 nitrogen and oxygen atoms in total. The van der Waals surface area contributed by atoms with Gasteiger partial charge in [-0.15, -0.1) is 0 Å². The molecule has 0 heterocycles. The highest BCUT2D eigenvalue weighted by Gasteiger charge is 2.40. The van der Waals surface area contributed by atoms with E-state index in [1.165, 1.54) is 12.1 Å². The lowest BCUT2D eigenvalue weighted by molar-refractivity contribution is -0.139. The molecule has 0 saturated carbocycles. The molecule has 0 aliphatic heterocycles. The van der Waals surface area contributed by atoms with Gasteiger partial charge in [0, 0.05) is 11.1 Å².